The van der Waals surface area contributed by atoms with E-state index in [9.17, 15) is 18.3 Å². The van der Waals surface area contributed by atoms with E-state index in [1.807, 2.05) is 13.8 Å². The standard InChI is InChI=1S/C14H15F3N2OS/c1-8(2)12-13(21-19-18-12)11(20)7-9-4-3-5-10(6-9)14(15,16)17/h3-6,8,11,20H,7H2,1-2H3. The van der Waals surface area contributed by atoms with Crippen LogP contribution in [-0.2, 0) is 12.6 Å². The van der Waals surface area contributed by atoms with Gasteiger partial charge >= 0.3 is 6.18 Å². The van der Waals surface area contributed by atoms with Crippen molar-refractivity contribution < 1.29 is 18.3 Å². The van der Waals surface area contributed by atoms with Crippen LogP contribution in [0.3, 0.4) is 0 Å². The highest BCUT2D eigenvalue weighted by atomic mass is 32.1. The van der Waals surface area contributed by atoms with Crippen molar-refractivity contribution in [1.82, 2.24) is 9.59 Å². The zero-order chi connectivity index (χ0) is 15.6. The molecule has 0 aliphatic heterocycles. The summed E-state index contributed by atoms with van der Waals surface area (Å²) in [5, 5.41) is 14.2. The van der Waals surface area contributed by atoms with Gasteiger partial charge in [-0.15, -0.1) is 5.10 Å². The van der Waals surface area contributed by atoms with Crippen molar-refractivity contribution in [3.05, 3.63) is 46.0 Å². The Morgan fingerprint density at radius 2 is 2.00 bits per heavy atom. The van der Waals surface area contributed by atoms with E-state index in [0.717, 1.165) is 23.7 Å². The van der Waals surface area contributed by atoms with Crippen molar-refractivity contribution in [2.24, 2.45) is 0 Å². The minimum absolute atomic E-state index is 0.105. The van der Waals surface area contributed by atoms with Crippen LogP contribution in [0.2, 0.25) is 0 Å². The zero-order valence-electron chi connectivity index (χ0n) is 11.6. The Bertz CT molecular complexity index is 610. The Morgan fingerprint density at radius 3 is 2.62 bits per heavy atom. The molecular weight excluding hydrogens is 301 g/mol. The first-order valence-corrected chi connectivity index (χ1v) is 7.22. The lowest BCUT2D eigenvalue weighted by molar-refractivity contribution is -0.137. The fourth-order valence-corrected chi connectivity index (χ4v) is 2.82. The topological polar surface area (TPSA) is 46.0 Å². The van der Waals surface area contributed by atoms with Crippen LogP contribution in [0.15, 0.2) is 24.3 Å². The number of nitrogens with zero attached hydrogens (tertiary/aromatic N) is 2. The summed E-state index contributed by atoms with van der Waals surface area (Å²) in [7, 11) is 0. The van der Waals surface area contributed by atoms with Crippen molar-refractivity contribution in [2.45, 2.75) is 38.5 Å². The first-order chi connectivity index (χ1) is 9.79. The van der Waals surface area contributed by atoms with E-state index in [1.54, 1.807) is 6.07 Å². The normalized spacial score (nSPS) is 13.7. The van der Waals surface area contributed by atoms with E-state index < -0.39 is 17.8 Å². The van der Waals surface area contributed by atoms with Gasteiger partial charge in [0.15, 0.2) is 0 Å². The van der Waals surface area contributed by atoms with Gasteiger partial charge in [0.1, 0.15) is 0 Å². The Morgan fingerprint density at radius 1 is 1.29 bits per heavy atom. The SMILES string of the molecule is CC(C)c1nnsc1C(O)Cc1cccc(C(F)(F)F)c1. The number of hydrogen-bond donors (Lipinski definition) is 1. The number of benzene rings is 1. The second kappa shape index (κ2) is 6.11. The van der Waals surface area contributed by atoms with E-state index in [1.165, 1.54) is 6.07 Å². The van der Waals surface area contributed by atoms with Crippen molar-refractivity contribution in [2.75, 3.05) is 0 Å². The maximum Gasteiger partial charge on any atom is 0.416 e. The van der Waals surface area contributed by atoms with Gasteiger partial charge in [0, 0.05) is 6.42 Å². The summed E-state index contributed by atoms with van der Waals surface area (Å²) in [6, 6.07) is 5.00. The molecule has 0 fully saturated rings. The average molecular weight is 316 g/mol. The largest absolute Gasteiger partial charge is 0.416 e. The molecule has 0 bridgehead atoms. The molecule has 0 spiro atoms. The van der Waals surface area contributed by atoms with Crippen LogP contribution < -0.4 is 0 Å². The molecule has 114 valence electrons. The second-order valence-corrected chi connectivity index (χ2v) is 5.88. The number of alkyl halides is 3. The second-order valence-electron chi connectivity index (χ2n) is 5.10. The smallest absolute Gasteiger partial charge is 0.387 e. The first kappa shape index (κ1) is 15.9. The molecule has 0 aliphatic carbocycles. The molecule has 0 radical (unpaired) electrons. The predicted octanol–water partition coefficient (Wildman–Crippen LogP) is 3.96. The Kier molecular flexibility index (Phi) is 4.63. The van der Waals surface area contributed by atoms with Crippen molar-refractivity contribution in [1.29, 1.82) is 0 Å². The third-order valence-electron chi connectivity index (χ3n) is 3.07. The van der Waals surface area contributed by atoms with Gasteiger partial charge in [-0.3, -0.25) is 0 Å². The van der Waals surface area contributed by atoms with E-state index >= 15 is 0 Å². The first-order valence-electron chi connectivity index (χ1n) is 6.45. The van der Waals surface area contributed by atoms with Crippen molar-refractivity contribution in [3.8, 4) is 0 Å². The third kappa shape index (κ3) is 3.79. The Balaban J connectivity index is 2.20. The molecule has 0 amide bonds. The Hall–Kier alpha value is -1.47. The number of aliphatic hydroxyl groups is 1. The summed E-state index contributed by atoms with van der Waals surface area (Å²) in [5.41, 5.74) is 0.415. The zero-order valence-corrected chi connectivity index (χ0v) is 12.4. The number of hydrogen-bond acceptors (Lipinski definition) is 4. The molecule has 0 aliphatic rings. The van der Waals surface area contributed by atoms with Gasteiger partial charge in [0.2, 0.25) is 0 Å². The number of rotatable bonds is 4. The van der Waals surface area contributed by atoms with Crippen LogP contribution in [0.5, 0.6) is 0 Å². The lowest BCUT2D eigenvalue weighted by Gasteiger charge is -2.13. The summed E-state index contributed by atoms with van der Waals surface area (Å²) < 4.78 is 41.8. The fraction of sp³-hybridized carbons (Fsp3) is 0.429. The van der Waals surface area contributed by atoms with E-state index in [-0.39, 0.29) is 12.3 Å². The van der Waals surface area contributed by atoms with E-state index in [4.69, 9.17) is 0 Å². The fourth-order valence-electron chi connectivity index (χ4n) is 2.03. The summed E-state index contributed by atoms with van der Waals surface area (Å²) in [5.74, 6) is 0.106. The molecule has 1 heterocycles. The molecule has 2 rings (SSSR count). The highest BCUT2D eigenvalue weighted by Gasteiger charge is 2.30. The van der Waals surface area contributed by atoms with Crippen LogP contribution >= 0.6 is 11.5 Å². The number of aliphatic hydroxyl groups excluding tert-OH is 1. The molecule has 0 saturated heterocycles. The highest BCUT2D eigenvalue weighted by molar-refractivity contribution is 7.05. The molecule has 21 heavy (non-hydrogen) atoms. The average Bonchev–Trinajstić information content (AvgIpc) is 2.87. The highest BCUT2D eigenvalue weighted by Crippen LogP contribution is 2.32. The lowest BCUT2D eigenvalue weighted by Crippen LogP contribution is -2.08. The van der Waals surface area contributed by atoms with E-state index in [0.29, 0.717) is 16.1 Å². The quantitative estimate of drug-likeness (QED) is 0.929. The van der Waals surface area contributed by atoms with Crippen LogP contribution in [-0.4, -0.2) is 14.7 Å². The molecule has 1 atom stereocenters. The molecule has 1 aromatic carbocycles. The van der Waals surface area contributed by atoms with Gasteiger partial charge in [-0.05, 0) is 29.1 Å². The summed E-state index contributed by atoms with van der Waals surface area (Å²) in [6.45, 7) is 3.86. The summed E-state index contributed by atoms with van der Waals surface area (Å²) in [4.78, 5) is 0.613. The molecule has 1 N–H and O–H groups in total. The van der Waals surface area contributed by atoms with Gasteiger partial charge in [-0.25, -0.2) is 0 Å². The van der Waals surface area contributed by atoms with Crippen LogP contribution in [0.25, 0.3) is 0 Å². The lowest BCUT2D eigenvalue weighted by atomic mass is 10.0. The molecule has 3 nitrogen and oxygen atoms in total. The predicted molar refractivity (Wildman–Crippen MR) is 74.1 cm³/mol. The van der Waals surface area contributed by atoms with Gasteiger partial charge in [0.05, 0.1) is 22.2 Å². The number of halogens is 3. The van der Waals surface area contributed by atoms with Crippen molar-refractivity contribution in [3.63, 3.8) is 0 Å². The third-order valence-corrected chi connectivity index (χ3v) is 3.91. The number of aromatic nitrogens is 2. The summed E-state index contributed by atoms with van der Waals surface area (Å²) >= 11 is 1.08. The van der Waals surface area contributed by atoms with Gasteiger partial charge < -0.3 is 5.11 Å². The minimum Gasteiger partial charge on any atom is -0.387 e. The Labute approximate surface area is 124 Å². The molecule has 1 unspecified atom stereocenters. The molecular formula is C14H15F3N2OS. The molecule has 7 heteroatoms. The van der Waals surface area contributed by atoms with Gasteiger partial charge in [-0.1, -0.05) is 36.5 Å². The van der Waals surface area contributed by atoms with E-state index in [2.05, 4.69) is 9.59 Å². The summed E-state index contributed by atoms with van der Waals surface area (Å²) in [6.07, 6.45) is -5.17. The molecule has 2 aromatic rings. The van der Waals surface area contributed by atoms with Crippen LogP contribution in [0.1, 0.15) is 47.6 Å². The van der Waals surface area contributed by atoms with Gasteiger partial charge in [-0.2, -0.15) is 13.2 Å². The minimum atomic E-state index is -4.38. The maximum absolute atomic E-state index is 12.7. The van der Waals surface area contributed by atoms with Crippen molar-refractivity contribution >= 4 is 11.5 Å². The molecule has 0 saturated carbocycles. The van der Waals surface area contributed by atoms with Gasteiger partial charge in [0.25, 0.3) is 0 Å². The monoisotopic (exact) mass is 316 g/mol. The molecule has 1 aromatic heterocycles. The van der Waals surface area contributed by atoms with Crippen LogP contribution in [0, 0.1) is 0 Å². The van der Waals surface area contributed by atoms with Crippen LogP contribution in [0.4, 0.5) is 13.2 Å². The maximum atomic E-state index is 12.7.